The normalized spacial score (nSPS) is 16.6. The molecular weight excluding hydrogens is 276 g/mol. The van der Waals surface area contributed by atoms with Crippen LogP contribution >= 0.6 is 0 Å². The number of para-hydroxylation sites is 2. The van der Waals surface area contributed by atoms with Gasteiger partial charge in [-0.2, -0.15) is 0 Å². The molecule has 1 unspecified atom stereocenters. The Morgan fingerprint density at radius 2 is 2.00 bits per heavy atom. The molecule has 0 bridgehead atoms. The zero-order valence-corrected chi connectivity index (χ0v) is 11.3. The molecule has 21 heavy (non-hydrogen) atoms. The summed E-state index contributed by atoms with van der Waals surface area (Å²) < 4.78 is 33.4. The largest absolute Gasteiger partial charge is 0.478 e. The molecule has 1 aliphatic heterocycles. The van der Waals surface area contributed by atoms with E-state index in [2.05, 4.69) is 5.32 Å². The minimum atomic E-state index is -0.953. The molecule has 0 fully saturated rings. The van der Waals surface area contributed by atoms with Crippen LogP contribution in [0.1, 0.15) is 15.9 Å². The maximum Gasteiger partial charge on any atom is 0.211 e. The summed E-state index contributed by atoms with van der Waals surface area (Å²) in [4.78, 5) is 12.4. The lowest BCUT2D eigenvalue weighted by molar-refractivity contribution is 0.0792. The molecule has 0 aliphatic carbocycles. The van der Waals surface area contributed by atoms with Crippen LogP contribution in [0.4, 0.5) is 14.5 Å². The highest BCUT2D eigenvalue weighted by atomic mass is 19.1. The number of hydrogen-bond acceptors (Lipinski definition) is 3. The Morgan fingerprint density at radius 3 is 2.81 bits per heavy atom. The van der Waals surface area contributed by atoms with Crippen LogP contribution in [0.15, 0.2) is 36.4 Å². The van der Waals surface area contributed by atoms with Gasteiger partial charge < -0.3 is 10.1 Å². The third kappa shape index (κ3) is 2.35. The Hall–Kier alpha value is -2.43. The predicted molar refractivity (Wildman–Crippen MR) is 74.8 cm³/mol. The number of nitrogens with one attached hydrogen (secondary N) is 1. The number of rotatable bonds is 2. The molecule has 1 aliphatic rings. The SMILES string of the molecule is Cc1ccc(F)c(C(=O)C2CNc3ccccc3O2)c1F. The summed E-state index contributed by atoms with van der Waals surface area (Å²) >= 11 is 0. The third-order valence-electron chi connectivity index (χ3n) is 3.46. The van der Waals surface area contributed by atoms with Crippen molar-refractivity contribution < 1.29 is 18.3 Å². The van der Waals surface area contributed by atoms with E-state index < -0.39 is 29.1 Å². The summed E-state index contributed by atoms with van der Waals surface area (Å²) in [6, 6.07) is 9.50. The van der Waals surface area contributed by atoms with Crippen LogP contribution in [0.2, 0.25) is 0 Å². The van der Waals surface area contributed by atoms with E-state index in [1.165, 1.54) is 13.0 Å². The fraction of sp³-hybridized carbons (Fsp3) is 0.188. The molecule has 1 heterocycles. The second-order valence-corrected chi connectivity index (χ2v) is 4.90. The van der Waals surface area contributed by atoms with Gasteiger partial charge in [-0.05, 0) is 30.7 Å². The first-order chi connectivity index (χ1) is 10.1. The highest BCUT2D eigenvalue weighted by Crippen LogP contribution is 2.30. The van der Waals surface area contributed by atoms with E-state index in [1.54, 1.807) is 12.1 Å². The zero-order chi connectivity index (χ0) is 15.0. The Labute approximate surface area is 120 Å². The number of halogens is 2. The van der Waals surface area contributed by atoms with Gasteiger partial charge in [0.1, 0.15) is 17.4 Å². The van der Waals surface area contributed by atoms with E-state index in [4.69, 9.17) is 4.74 Å². The van der Waals surface area contributed by atoms with Gasteiger partial charge in [-0.3, -0.25) is 4.79 Å². The minimum Gasteiger partial charge on any atom is -0.478 e. The van der Waals surface area contributed by atoms with Gasteiger partial charge in [0, 0.05) is 0 Å². The summed E-state index contributed by atoms with van der Waals surface area (Å²) in [5, 5.41) is 3.03. The Bertz CT molecular complexity index is 715. The number of fused-ring (bicyclic) bond motifs is 1. The number of ether oxygens (including phenoxy) is 1. The molecule has 0 amide bonds. The lowest BCUT2D eigenvalue weighted by atomic mass is 10.0. The molecule has 5 heteroatoms. The van der Waals surface area contributed by atoms with Crippen molar-refractivity contribution in [3.63, 3.8) is 0 Å². The standard InChI is InChI=1S/C16H13F2NO2/c1-9-6-7-10(17)14(15(9)18)16(20)13-8-19-11-4-2-3-5-12(11)21-13/h2-7,13,19H,8H2,1H3. The van der Waals surface area contributed by atoms with Gasteiger partial charge in [0.25, 0.3) is 0 Å². The van der Waals surface area contributed by atoms with E-state index in [-0.39, 0.29) is 12.1 Å². The Kier molecular flexibility index (Phi) is 3.33. The molecule has 0 aromatic heterocycles. The minimum absolute atomic E-state index is 0.169. The molecule has 108 valence electrons. The molecule has 0 saturated carbocycles. The molecule has 0 saturated heterocycles. The van der Waals surface area contributed by atoms with Crippen molar-refractivity contribution in [3.8, 4) is 5.75 Å². The fourth-order valence-corrected chi connectivity index (χ4v) is 2.30. The van der Waals surface area contributed by atoms with E-state index in [0.29, 0.717) is 5.75 Å². The van der Waals surface area contributed by atoms with Gasteiger partial charge in [0.05, 0.1) is 17.8 Å². The van der Waals surface area contributed by atoms with Gasteiger partial charge in [-0.15, -0.1) is 0 Å². The van der Waals surface area contributed by atoms with Gasteiger partial charge in [0.2, 0.25) is 5.78 Å². The summed E-state index contributed by atoms with van der Waals surface area (Å²) in [5.41, 5.74) is 0.442. The number of aryl methyl sites for hydroxylation is 1. The van der Waals surface area contributed by atoms with Crippen molar-refractivity contribution >= 4 is 11.5 Å². The van der Waals surface area contributed by atoms with Crippen LogP contribution in [-0.4, -0.2) is 18.4 Å². The smallest absolute Gasteiger partial charge is 0.211 e. The Balaban J connectivity index is 1.93. The van der Waals surface area contributed by atoms with Crippen molar-refractivity contribution in [3.05, 3.63) is 59.2 Å². The monoisotopic (exact) mass is 289 g/mol. The molecular formula is C16H13F2NO2. The Morgan fingerprint density at radius 1 is 1.24 bits per heavy atom. The van der Waals surface area contributed by atoms with E-state index in [0.717, 1.165) is 11.8 Å². The molecule has 2 aromatic rings. The second-order valence-electron chi connectivity index (χ2n) is 4.90. The molecule has 0 spiro atoms. The van der Waals surface area contributed by atoms with Gasteiger partial charge in [-0.25, -0.2) is 8.78 Å². The predicted octanol–water partition coefficient (Wildman–Crippen LogP) is 3.33. The molecule has 2 aromatic carbocycles. The van der Waals surface area contributed by atoms with Crippen molar-refractivity contribution in [1.29, 1.82) is 0 Å². The van der Waals surface area contributed by atoms with Crippen molar-refractivity contribution in [2.75, 3.05) is 11.9 Å². The number of hydrogen-bond donors (Lipinski definition) is 1. The van der Waals surface area contributed by atoms with Gasteiger partial charge in [0.15, 0.2) is 6.10 Å². The maximum atomic E-state index is 14.0. The third-order valence-corrected chi connectivity index (χ3v) is 3.46. The number of Topliss-reactive ketones (excluding diaryl/α,β-unsaturated/α-hetero) is 1. The lowest BCUT2D eigenvalue weighted by Crippen LogP contribution is -2.38. The second kappa shape index (κ2) is 5.16. The molecule has 1 atom stereocenters. The number of benzene rings is 2. The highest BCUT2D eigenvalue weighted by molar-refractivity contribution is 6.01. The van der Waals surface area contributed by atoms with Crippen LogP contribution in [0.5, 0.6) is 5.75 Å². The van der Waals surface area contributed by atoms with E-state index in [9.17, 15) is 13.6 Å². The zero-order valence-electron chi connectivity index (χ0n) is 11.3. The van der Waals surface area contributed by atoms with Crippen molar-refractivity contribution in [1.82, 2.24) is 0 Å². The van der Waals surface area contributed by atoms with Gasteiger partial charge >= 0.3 is 0 Å². The van der Waals surface area contributed by atoms with Crippen LogP contribution in [0.25, 0.3) is 0 Å². The molecule has 0 radical (unpaired) electrons. The molecule has 3 nitrogen and oxygen atoms in total. The quantitative estimate of drug-likeness (QED) is 0.862. The van der Waals surface area contributed by atoms with E-state index >= 15 is 0 Å². The molecule has 1 N–H and O–H groups in total. The van der Waals surface area contributed by atoms with E-state index in [1.807, 2.05) is 12.1 Å². The summed E-state index contributed by atoms with van der Waals surface area (Å²) in [6.07, 6.45) is -0.953. The van der Waals surface area contributed by atoms with Gasteiger partial charge in [-0.1, -0.05) is 18.2 Å². The average molecular weight is 289 g/mol. The first-order valence-corrected chi connectivity index (χ1v) is 6.56. The van der Waals surface area contributed by atoms with Crippen molar-refractivity contribution in [2.24, 2.45) is 0 Å². The van der Waals surface area contributed by atoms with Crippen LogP contribution in [0, 0.1) is 18.6 Å². The topological polar surface area (TPSA) is 38.3 Å². The number of carbonyl (C=O) groups excluding carboxylic acids is 1. The summed E-state index contributed by atoms with van der Waals surface area (Å²) in [7, 11) is 0. The fourth-order valence-electron chi connectivity index (χ4n) is 2.30. The first kappa shape index (κ1) is 13.5. The summed E-state index contributed by atoms with van der Waals surface area (Å²) in [5.74, 6) is -1.90. The number of anilines is 1. The summed E-state index contributed by atoms with van der Waals surface area (Å²) in [6.45, 7) is 1.66. The molecule has 3 rings (SSSR count). The highest BCUT2D eigenvalue weighted by Gasteiger charge is 2.31. The van der Waals surface area contributed by atoms with Crippen LogP contribution in [-0.2, 0) is 0 Å². The average Bonchev–Trinajstić information content (AvgIpc) is 2.51. The lowest BCUT2D eigenvalue weighted by Gasteiger charge is -2.26. The maximum absolute atomic E-state index is 14.0. The number of carbonyl (C=O) groups is 1. The van der Waals surface area contributed by atoms with Crippen molar-refractivity contribution in [2.45, 2.75) is 13.0 Å². The number of ketones is 1. The van der Waals surface area contributed by atoms with Crippen LogP contribution < -0.4 is 10.1 Å². The van der Waals surface area contributed by atoms with Crippen LogP contribution in [0.3, 0.4) is 0 Å². The first-order valence-electron chi connectivity index (χ1n) is 6.56.